The first-order valence-electron chi connectivity index (χ1n) is 14.7. The summed E-state index contributed by atoms with van der Waals surface area (Å²) in [4.78, 5) is 18.3. The van der Waals surface area contributed by atoms with Crippen LogP contribution in [0.3, 0.4) is 0 Å². The molecule has 3 heterocycles. The summed E-state index contributed by atoms with van der Waals surface area (Å²) < 4.78 is 62.3. The molecule has 2 aromatic carbocycles. The van der Waals surface area contributed by atoms with Crippen molar-refractivity contribution in [1.82, 2.24) is 25.4 Å². The molecule has 1 aliphatic heterocycles. The van der Waals surface area contributed by atoms with Crippen molar-refractivity contribution < 1.29 is 27.1 Å². The highest BCUT2D eigenvalue weighted by Crippen LogP contribution is 2.40. The minimum Gasteiger partial charge on any atom is -0.476 e. The molecule has 232 valence electrons. The van der Waals surface area contributed by atoms with Gasteiger partial charge in [-0.25, -0.2) is 4.98 Å². The largest absolute Gasteiger partial charge is 0.476 e. The van der Waals surface area contributed by atoms with Crippen molar-refractivity contribution in [2.75, 3.05) is 19.7 Å². The van der Waals surface area contributed by atoms with E-state index in [0.717, 1.165) is 19.3 Å². The number of alkyl halides is 3. The lowest BCUT2D eigenvalue weighted by Gasteiger charge is -2.19. The lowest BCUT2D eigenvalue weighted by molar-refractivity contribution is -0.124. The molecular weight excluding hydrogens is 586 g/mol. The number of nitrogens with zero attached hydrogens (tertiary/aromatic N) is 3. The average molecular weight is 618 g/mol. The molecule has 11 heteroatoms. The number of amides is 1. The van der Waals surface area contributed by atoms with E-state index in [-0.39, 0.29) is 28.0 Å². The first-order chi connectivity index (χ1) is 21.7. The first-order valence-corrected chi connectivity index (χ1v) is 14.7. The molecule has 1 aliphatic carbocycles. The Hall–Kier alpha value is -4.77. The molecule has 45 heavy (non-hydrogen) atoms. The Morgan fingerprint density at radius 1 is 1.07 bits per heavy atom. The summed E-state index contributed by atoms with van der Waals surface area (Å²) in [5, 5.41) is 9.78. The number of H-pyrrole nitrogens is 1. The number of fused-ring (bicyclic) bond motifs is 1. The zero-order valence-electron chi connectivity index (χ0n) is 24.3. The molecule has 0 bridgehead atoms. The van der Waals surface area contributed by atoms with Gasteiger partial charge in [-0.2, -0.15) is 17.6 Å². The fourth-order valence-corrected chi connectivity index (χ4v) is 5.38. The van der Waals surface area contributed by atoms with Crippen LogP contribution in [0, 0.1) is 5.95 Å². The van der Waals surface area contributed by atoms with Crippen LogP contribution in [0.15, 0.2) is 91.3 Å². The van der Waals surface area contributed by atoms with Gasteiger partial charge >= 0.3 is 6.18 Å². The molecule has 1 amide bonds. The molecule has 4 aromatic rings. The van der Waals surface area contributed by atoms with Crippen LogP contribution in [0.5, 0.6) is 5.88 Å². The molecule has 0 saturated heterocycles. The molecule has 6 rings (SSSR count). The summed E-state index contributed by atoms with van der Waals surface area (Å²) >= 11 is 0. The number of carbonyl (C=O) groups is 1. The van der Waals surface area contributed by atoms with E-state index in [0.29, 0.717) is 47.8 Å². The van der Waals surface area contributed by atoms with Gasteiger partial charge in [0, 0.05) is 43.2 Å². The summed E-state index contributed by atoms with van der Waals surface area (Å²) in [6, 6.07) is 16.4. The number of aromatic nitrogens is 3. The fourth-order valence-electron chi connectivity index (χ4n) is 5.38. The molecule has 0 atom stereocenters. The zero-order chi connectivity index (χ0) is 31.4. The highest BCUT2D eigenvalue weighted by Gasteiger charge is 2.43. The molecular formula is C34H31F4N5O2. The second-order valence-corrected chi connectivity index (χ2v) is 11.2. The summed E-state index contributed by atoms with van der Waals surface area (Å²) in [6.07, 6.45) is 5.57. The number of pyridine rings is 1. The van der Waals surface area contributed by atoms with Gasteiger partial charge in [-0.05, 0) is 59.7 Å². The smallest absolute Gasteiger partial charge is 0.393 e. The number of halogens is 4. The van der Waals surface area contributed by atoms with E-state index >= 15 is 0 Å². The number of nitrogens with one attached hydrogen (secondary N) is 2. The van der Waals surface area contributed by atoms with Crippen LogP contribution in [0.25, 0.3) is 22.0 Å². The first kappa shape index (κ1) is 30.3. The third-order valence-corrected chi connectivity index (χ3v) is 7.94. The van der Waals surface area contributed by atoms with Gasteiger partial charge in [0.05, 0.1) is 22.9 Å². The van der Waals surface area contributed by atoms with Gasteiger partial charge in [0.15, 0.2) is 0 Å². The predicted molar refractivity (Wildman–Crippen MR) is 163 cm³/mol. The maximum atomic E-state index is 14.4. The van der Waals surface area contributed by atoms with Crippen LogP contribution in [0.1, 0.15) is 42.4 Å². The predicted octanol–water partition coefficient (Wildman–Crippen LogP) is 6.81. The quantitative estimate of drug-likeness (QED) is 0.110. The number of benzene rings is 2. The van der Waals surface area contributed by atoms with Crippen molar-refractivity contribution in [2.45, 2.75) is 37.4 Å². The highest BCUT2D eigenvalue weighted by atomic mass is 19.4. The molecule has 7 nitrogen and oxygen atoms in total. The average Bonchev–Trinajstić information content (AvgIpc) is 3.40. The molecule has 0 spiro atoms. The van der Waals surface area contributed by atoms with E-state index in [1.165, 1.54) is 12.3 Å². The van der Waals surface area contributed by atoms with Crippen LogP contribution < -0.4 is 10.1 Å². The van der Waals surface area contributed by atoms with Crippen LogP contribution in [-0.4, -0.2) is 57.4 Å². The Morgan fingerprint density at radius 3 is 2.56 bits per heavy atom. The SMILES string of the molecule is O=C(/C=C/CNC1(COc2ccc(/C(=C(/CC(F)(F)F)c3ccccc3)c3ccc4[nH]nc(F)c4c3)cn2)CC1)N1C=CCC1. The van der Waals surface area contributed by atoms with Crippen LogP contribution in [-0.2, 0) is 4.79 Å². The van der Waals surface area contributed by atoms with E-state index in [2.05, 4.69) is 20.5 Å². The minimum atomic E-state index is -4.50. The Bertz CT molecular complexity index is 1760. The second-order valence-electron chi connectivity index (χ2n) is 11.2. The van der Waals surface area contributed by atoms with Crippen molar-refractivity contribution in [3.05, 3.63) is 114 Å². The number of allylic oxidation sites excluding steroid dienone is 1. The van der Waals surface area contributed by atoms with E-state index in [9.17, 15) is 22.4 Å². The molecule has 0 unspecified atom stereocenters. The molecule has 1 saturated carbocycles. The number of rotatable bonds is 11. The van der Waals surface area contributed by atoms with Crippen molar-refractivity contribution >= 4 is 28.0 Å². The topological polar surface area (TPSA) is 83.1 Å². The van der Waals surface area contributed by atoms with Crippen LogP contribution in [0.4, 0.5) is 17.6 Å². The van der Waals surface area contributed by atoms with E-state index in [1.807, 2.05) is 6.08 Å². The van der Waals surface area contributed by atoms with Crippen molar-refractivity contribution in [1.29, 1.82) is 0 Å². The second kappa shape index (κ2) is 12.7. The Morgan fingerprint density at radius 2 is 1.87 bits per heavy atom. The zero-order valence-corrected chi connectivity index (χ0v) is 24.3. The van der Waals surface area contributed by atoms with Gasteiger partial charge in [0.1, 0.15) is 6.61 Å². The summed E-state index contributed by atoms with van der Waals surface area (Å²) in [7, 11) is 0. The van der Waals surface area contributed by atoms with Gasteiger partial charge in [-0.3, -0.25) is 9.89 Å². The van der Waals surface area contributed by atoms with Crippen molar-refractivity contribution in [2.24, 2.45) is 0 Å². The third-order valence-electron chi connectivity index (χ3n) is 7.94. The molecule has 0 radical (unpaired) electrons. The molecule has 2 aromatic heterocycles. The van der Waals surface area contributed by atoms with Crippen molar-refractivity contribution in [3.8, 4) is 5.88 Å². The lowest BCUT2D eigenvalue weighted by Crippen LogP contribution is -2.37. The number of carbonyl (C=O) groups excluding carboxylic acids is 1. The van der Waals surface area contributed by atoms with Crippen LogP contribution in [0.2, 0.25) is 0 Å². The van der Waals surface area contributed by atoms with E-state index in [4.69, 9.17) is 4.74 Å². The third kappa shape index (κ3) is 7.31. The summed E-state index contributed by atoms with van der Waals surface area (Å²) in [5.74, 6) is -0.463. The number of hydrogen-bond donors (Lipinski definition) is 2. The Balaban J connectivity index is 1.23. The fraction of sp³-hybridized carbons (Fsp3) is 0.265. The lowest BCUT2D eigenvalue weighted by atomic mass is 9.88. The normalized spacial score (nSPS) is 16.4. The van der Waals surface area contributed by atoms with Gasteiger partial charge in [0.2, 0.25) is 17.7 Å². The summed E-state index contributed by atoms with van der Waals surface area (Å²) in [5.41, 5.74) is 1.74. The maximum absolute atomic E-state index is 14.4. The minimum absolute atomic E-state index is 0.0373. The maximum Gasteiger partial charge on any atom is 0.393 e. The van der Waals surface area contributed by atoms with Gasteiger partial charge in [0.25, 0.3) is 0 Å². The number of ether oxygens (including phenoxy) is 1. The van der Waals surface area contributed by atoms with E-state index < -0.39 is 18.5 Å². The van der Waals surface area contributed by atoms with Gasteiger partial charge in [-0.1, -0.05) is 48.6 Å². The molecule has 2 N–H and O–H groups in total. The van der Waals surface area contributed by atoms with Crippen molar-refractivity contribution in [3.63, 3.8) is 0 Å². The highest BCUT2D eigenvalue weighted by molar-refractivity contribution is 6.00. The van der Waals surface area contributed by atoms with Gasteiger partial charge < -0.3 is 15.0 Å². The molecule has 1 fully saturated rings. The van der Waals surface area contributed by atoms with Crippen LogP contribution >= 0.6 is 0 Å². The molecule has 2 aliphatic rings. The number of aromatic amines is 1. The summed E-state index contributed by atoms with van der Waals surface area (Å²) in [6.45, 7) is 1.56. The monoisotopic (exact) mass is 617 g/mol. The van der Waals surface area contributed by atoms with Gasteiger partial charge in [-0.15, -0.1) is 5.10 Å². The number of hydrogen-bond acceptors (Lipinski definition) is 5. The van der Waals surface area contributed by atoms with E-state index in [1.54, 1.807) is 77.8 Å². The Labute approximate surface area is 257 Å². The Kier molecular flexibility index (Phi) is 8.53. The standard InChI is InChI=1S/C34H31F4N5O2/c35-32-26-19-24(10-12-28(26)41-42-32)31(27(20-34(36,37)38)23-7-2-1-3-8-23)25-11-13-29(39-21-25)45-22-33(14-15-33)40-16-6-9-30(44)43-17-4-5-18-43/h1-4,6-13,17,19,21,40H,5,14-16,18,20,22H2,(H,41,42)/b9-6+,31-27-.